The Bertz CT molecular complexity index is 427. The quantitative estimate of drug-likeness (QED) is 0.558. The number of fused-ring (bicyclic) bond motifs is 1. The maximum atomic E-state index is 5.06. The van der Waals surface area contributed by atoms with Crippen molar-refractivity contribution in [3.05, 3.63) is 29.3 Å². The molecule has 0 radical (unpaired) electrons. The molecule has 0 amide bonds. The zero-order valence-corrected chi connectivity index (χ0v) is 7.95. The Labute approximate surface area is 82.7 Å². The predicted molar refractivity (Wildman–Crippen MR) is 56.6 cm³/mol. The van der Waals surface area contributed by atoms with E-state index in [9.17, 15) is 0 Å². The standard InChI is InChI=1S/C12H8S/c1-2-3-4-10-5-6-12-11(9-10)7-8-13-12/h1,5-6,9H,7-8H2. The lowest BCUT2D eigenvalue weighted by molar-refractivity contribution is 1.14. The van der Waals surface area contributed by atoms with E-state index in [4.69, 9.17) is 6.42 Å². The monoisotopic (exact) mass is 184 g/mol. The first-order valence-corrected chi connectivity index (χ1v) is 5.11. The minimum atomic E-state index is 1.03. The highest BCUT2D eigenvalue weighted by Crippen LogP contribution is 2.31. The molecule has 1 aromatic rings. The van der Waals surface area contributed by atoms with E-state index in [0.717, 1.165) is 12.0 Å². The van der Waals surface area contributed by atoms with E-state index in [1.807, 2.05) is 17.8 Å². The second-order valence-electron chi connectivity index (χ2n) is 2.82. The summed E-state index contributed by atoms with van der Waals surface area (Å²) in [5.74, 6) is 9.07. The molecule has 1 aliphatic rings. The largest absolute Gasteiger partial charge is 0.126 e. The second-order valence-corrected chi connectivity index (χ2v) is 3.95. The van der Waals surface area contributed by atoms with Gasteiger partial charge in [-0.05, 0) is 42.0 Å². The first-order valence-electron chi connectivity index (χ1n) is 4.12. The highest BCUT2D eigenvalue weighted by Gasteiger charge is 2.10. The number of aryl methyl sites for hydroxylation is 1. The predicted octanol–water partition coefficient (Wildman–Crippen LogP) is 2.32. The molecule has 0 saturated heterocycles. The van der Waals surface area contributed by atoms with E-state index >= 15 is 0 Å². The summed E-state index contributed by atoms with van der Waals surface area (Å²) in [6.45, 7) is 0. The molecule has 0 aliphatic carbocycles. The van der Waals surface area contributed by atoms with Crippen LogP contribution in [0.3, 0.4) is 0 Å². The molecule has 0 saturated carbocycles. The van der Waals surface area contributed by atoms with Crippen molar-refractivity contribution in [1.82, 2.24) is 0 Å². The molecule has 1 aliphatic heterocycles. The Morgan fingerprint density at radius 1 is 1.38 bits per heavy atom. The van der Waals surface area contributed by atoms with Crippen LogP contribution in [0.15, 0.2) is 23.1 Å². The second kappa shape index (κ2) is 3.60. The molecule has 0 atom stereocenters. The summed E-state index contributed by atoms with van der Waals surface area (Å²) >= 11 is 1.91. The van der Waals surface area contributed by atoms with Crippen LogP contribution in [0.5, 0.6) is 0 Å². The van der Waals surface area contributed by atoms with Crippen LogP contribution in [0.1, 0.15) is 11.1 Å². The molecule has 1 aromatic carbocycles. The first kappa shape index (κ1) is 8.30. The molecule has 0 aromatic heterocycles. The van der Waals surface area contributed by atoms with Crippen molar-refractivity contribution < 1.29 is 0 Å². The van der Waals surface area contributed by atoms with E-state index in [1.165, 1.54) is 16.2 Å². The van der Waals surface area contributed by atoms with Crippen molar-refractivity contribution in [3.63, 3.8) is 0 Å². The van der Waals surface area contributed by atoms with Crippen LogP contribution in [-0.2, 0) is 6.42 Å². The molecule has 0 nitrogen and oxygen atoms in total. The Balaban J connectivity index is 2.37. The van der Waals surface area contributed by atoms with Crippen molar-refractivity contribution in [2.75, 3.05) is 5.75 Å². The Hall–Kier alpha value is -1.31. The third-order valence-electron chi connectivity index (χ3n) is 1.97. The number of benzene rings is 1. The van der Waals surface area contributed by atoms with Gasteiger partial charge in [-0.1, -0.05) is 5.92 Å². The van der Waals surface area contributed by atoms with Crippen LogP contribution in [-0.4, -0.2) is 5.75 Å². The highest BCUT2D eigenvalue weighted by atomic mass is 32.2. The van der Waals surface area contributed by atoms with E-state index in [2.05, 4.69) is 29.9 Å². The zero-order valence-electron chi connectivity index (χ0n) is 7.13. The molecule has 1 heterocycles. The number of thioether (sulfide) groups is 1. The van der Waals surface area contributed by atoms with Crippen LogP contribution in [0.25, 0.3) is 0 Å². The molecular formula is C12H8S. The Morgan fingerprint density at radius 3 is 3.15 bits per heavy atom. The fraction of sp³-hybridized carbons (Fsp3) is 0.167. The van der Waals surface area contributed by atoms with Gasteiger partial charge >= 0.3 is 0 Å². The van der Waals surface area contributed by atoms with E-state index in [0.29, 0.717) is 0 Å². The van der Waals surface area contributed by atoms with Crippen molar-refractivity contribution in [2.45, 2.75) is 11.3 Å². The normalized spacial score (nSPS) is 12.5. The third-order valence-corrected chi connectivity index (χ3v) is 3.09. The SMILES string of the molecule is C#CC#Cc1ccc2c(c1)CCS2. The molecule has 0 fully saturated rings. The van der Waals surface area contributed by atoms with Gasteiger partial charge in [-0.3, -0.25) is 0 Å². The van der Waals surface area contributed by atoms with Crippen LogP contribution in [0.2, 0.25) is 0 Å². The number of terminal acetylenes is 1. The van der Waals surface area contributed by atoms with Gasteiger partial charge in [0.05, 0.1) is 0 Å². The zero-order chi connectivity index (χ0) is 9.10. The molecule has 62 valence electrons. The summed E-state index contributed by atoms with van der Waals surface area (Å²) in [6, 6.07) is 6.30. The van der Waals surface area contributed by atoms with Crippen LogP contribution in [0, 0.1) is 24.2 Å². The summed E-state index contributed by atoms with van der Waals surface area (Å²) < 4.78 is 0. The summed E-state index contributed by atoms with van der Waals surface area (Å²) in [5.41, 5.74) is 2.44. The molecule has 0 spiro atoms. The van der Waals surface area contributed by atoms with Crippen LogP contribution in [0.4, 0.5) is 0 Å². The molecule has 0 N–H and O–H groups in total. The third kappa shape index (κ3) is 1.72. The van der Waals surface area contributed by atoms with Gasteiger partial charge < -0.3 is 0 Å². The lowest BCUT2D eigenvalue weighted by Gasteiger charge is -1.96. The molecule has 2 rings (SSSR count). The number of hydrogen-bond donors (Lipinski definition) is 0. The van der Waals surface area contributed by atoms with Crippen molar-refractivity contribution >= 4 is 11.8 Å². The highest BCUT2D eigenvalue weighted by molar-refractivity contribution is 7.99. The van der Waals surface area contributed by atoms with Gasteiger partial charge in [0.25, 0.3) is 0 Å². The van der Waals surface area contributed by atoms with E-state index < -0.39 is 0 Å². The van der Waals surface area contributed by atoms with Crippen LogP contribution >= 0.6 is 11.8 Å². The van der Waals surface area contributed by atoms with Crippen molar-refractivity contribution in [2.24, 2.45) is 0 Å². The minimum Gasteiger partial charge on any atom is -0.126 e. The van der Waals surface area contributed by atoms with Gasteiger partial charge in [-0.25, -0.2) is 0 Å². The lowest BCUT2D eigenvalue weighted by Crippen LogP contribution is -1.82. The molecule has 0 unspecified atom stereocenters. The van der Waals surface area contributed by atoms with Crippen molar-refractivity contribution in [1.29, 1.82) is 0 Å². The molecular weight excluding hydrogens is 176 g/mol. The average Bonchev–Trinajstić information content (AvgIpc) is 2.61. The molecule has 1 heteroatoms. The van der Waals surface area contributed by atoms with Gasteiger partial charge in [0, 0.05) is 16.2 Å². The fourth-order valence-corrected chi connectivity index (χ4v) is 2.43. The van der Waals surface area contributed by atoms with Gasteiger partial charge in [0.1, 0.15) is 0 Å². The summed E-state index contributed by atoms with van der Waals surface area (Å²) in [6.07, 6.45) is 6.22. The molecule has 13 heavy (non-hydrogen) atoms. The average molecular weight is 184 g/mol. The maximum absolute atomic E-state index is 5.06. The maximum Gasteiger partial charge on any atom is 0.0259 e. The topological polar surface area (TPSA) is 0 Å². The van der Waals surface area contributed by atoms with Crippen LogP contribution < -0.4 is 0 Å². The molecule has 0 bridgehead atoms. The van der Waals surface area contributed by atoms with E-state index in [1.54, 1.807) is 0 Å². The summed E-state index contributed by atoms with van der Waals surface area (Å²) in [5, 5.41) is 0. The van der Waals surface area contributed by atoms with Gasteiger partial charge in [-0.2, -0.15) is 0 Å². The fourth-order valence-electron chi connectivity index (χ4n) is 1.37. The lowest BCUT2D eigenvalue weighted by atomic mass is 10.1. The van der Waals surface area contributed by atoms with Gasteiger partial charge in [-0.15, -0.1) is 18.2 Å². The minimum absolute atomic E-state index is 1.03. The van der Waals surface area contributed by atoms with Gasteiger partial charge in [0.15, 0.2) is 0 Å². The van der Waals surface area contributed by atoms with Crippen molar-refractivity contribution in [3.8, 4) is 24.2 Å². The smallest absolute Gasteiger partial charge is 0.0259 e. The number of rotatable bonds is 0. The first-order chi connectivity index (χ1) is 6.40. The Morgan fingerprint density at radius 2 is 2.31 bits per heavy atom. The van der Waals surface area contributed by atoms with E-state index in [-0.39, 0.29) is 0 Å². The summed E-state index contributed by atoms with van der Waals surface area (Å²) in [4.78, 5) is 1.39. The number of hydrogen-bond acceptors (Lipinski definition) is 1. The Kier molecular flexibility index (Phi) is 2.30. The summed E-state index contributed by atoms with van der Waals surface area (Å²) in [7, 11) is 0. The van der Waals surface area contributed by atoms with Gasteiger partial charge in [0.2, 0.25) is 0 Å².